The van der Waals surface area contributed by atoms with Gasteiger partial charge in [0.15, 0.2) is 0 Å². The zero-order chi connectivity index (χ0) is 14.5. The van der Waals surface area contributed by atoms with Gasteiger partial charge in [0.05, 0.1) is 11.6 Å². The van der Waals surface area contributed by atoms with Gasteiger partial charge in [-0.2, -0.15) is 5.26 Å². The van der Waals surface area contributed by atoms with Crippen molar-refractivity contribution >= 4 is 5.91 Å². The molecule has 1 aromatic rings. The van der Waals surface area contributed by atoms with Crippen LogP contribution in [0.5, 0.6) is 0 Å². The quantitative estimate of drug-likeness (QED) is 0.827. The summed E-state index contributed by atoms with van der Waals surface area (Å²) < 4.78 is 0. The van der Waals surface area contributed by atoms with Crippen LogP contribution in [0, 0.1) is 11.3 Å². The van der Waals surface area contributed by atoms with Crippen LogP contribution < -0.4 is 0 Å². The molecule has 0 aliphatic carbocycles. The Morgan fingerprint density at radius 3 is 2.95 bits per heavy atom. The molecule has 1 aromatic carbocycles. The Hall–Kier alpha value is -1.86. The molecule has 4 heteroatoms. The maximum absolute atomic E-state index is 12.7. The van der Waals surface area contributed by atoms with Crippen LogP contribution in [-0.2, 0) is 0 Å². The van der Waals surface area contributed by atoms with Crippen molar-refractivity contribution < 1.29 is 4.79 Å². The highest BCUT2D eigenvalue weighted by Crippen LogP contribution is 2.16. The van der Waals surface area contributed by atoms with Crippen molar-refractivity contribution in [2.75, 3.05) is 26.7 Å². The van der Waals surface area contributed by atoms with Gasteiger partial charge >= 0.3 is 0 Å². The predicted octanol–water partition coefficient (Wildman–Crippen LogP) is 2.11. The van der Waals surface area contributed by atoms with Gasteiger partial charge in [0.25, 0.3) is 5.91 Å². The number of hydrogen-bond acceptors (Lipinski definition) is 3. The highest BCUT2D eigenvalue weighted by molar-refractivity contribution is 5.94. The van der Waals surface area contributed by atoms with Crippen LogP contribution in [0.3, 0.4) is 0 Å². The SMILES string of the molecule is CCC1CN(C)CCCN1C(=O)c1cccc(C#N)c1. The van der Waals surface area contributed by atoms with Gasteiger partial charge in [0.2, 0.25) is 0 Å². The summed E-state index contributed by atoms with van der Waals surface area (Å²) in [6.07, 6.45) is 1.95. The summed E-state index contributed by atoms with van der Waals surface area (Å²) in [5.74, 6) is 0.0456. The molecule has 1 unspecified atom stereocenters. The van der Waals surface area contributed by atoms with E-state index in [0.29, 0.717) is 11.1 Å². The van der Waals surface area contributed by atoms with Crippen LogP contribution in [0.25, 0.3) is 0 Å². The molecular weight excluding hydrogens is 250 g/mol. The van der Waals surface area contributed by atoms with E-state index in [2.05, 4.69) is 24.9 Å². The zero-order valence-electron chi connectivity index (χ0n) is 12.2. The summed E-state index contributed by atoms with van der Waals surface area (Å²) in [5, 5.41) is 8.95. The third-order valence-electron chi connectivity index (χ3n) is 3.87. The number of carbonyl (C=O) groups is 1. The first-order valence-corrected chi connectivity index (χ1v) is 7.15. The van der Waals surface area contributed by atoms with E-state index < -0.39 is 0 Å². The Morgan fingerprint density at radius 2 is 2.25 bits per heavy atom. The number of amides is 1. The summed E-state index contributed by atoms with van der Waals surface area (Å²) in [7, 11) is 2.10. The van der Waals surface area contributed by atoms with Gasteiger partial charge in [-0.3, -0.25) is 4.79 Å². The van der Waals surface area contributed by atoms with Gasteiger partial charge in [0.1, 0.15) is 0 Å². The fourth-order valence-corrected chi connectivity index (χ4v) is 2.75. The maximum atomic E-state index is 12.7. The Balaban J connectivity index is 2.23. The second kappa shape index (κ2) is 6.53. The third kappa shape index (κ3) is 3.17. The highest BCUT2D eigenvalue weighted by atomic mass is 16.2. The molecule has 1 atom stereocenters. The van der Waals surface area contributed by atoms with Gasteiger partial charge in [0, 0.05) is 24.7 Å². The molecule has 0 N–H and O–H groups in total. The molecule has 0 saturated carbocycles. The molecule has 1 saturated heterocycles. The highest BCUT2D eigenvalue weighted by Gasteiger charge is 2.26. The van der Waals surface area contributed by atoms with Crippen LogP contribution in [0.4, 0.5) is 0 Å². The molecule has 4 nitrogen and oxygen atoms in total. The predicted molar refractivity (Wildman–Crippen MR) is 78.4 cm³/mol. The van der Waals surface area contributed by atoms with E-state index in [1.54, 1.807) is 24.3 Å². The van der Waals surface area contributed by atoms with E-state index >= 15 is 0 Å². The molecule has 1 fully saturated rings. The van der Waals surface area contributed by atoms with Crippen molar-refractivity contribution in [3.8, 4) is 6.07 Å². The Labute approximate surface area is 120 Å². The number of benzene rings is 1. The molecule has 1 heterocycles. The topological polar surface area (TPSA) is 47.3 Å². The number of nitriles is 1. The number of hydrogen-bond donors (Lipinski definition) is 0. The third-order valence-corrected chi connectivity index (χ3v) is 3.87. The van der Waals surface area contributed by atoms with Gasteiger partial charge in [-0.15, -0.1) is 0 Å². The first kappa shape index (κ1) is 14.5. The molecule has 0 aromatic heterocycles. The molecule has 106 valence electrons. The van der Waals surface area contributed by atoms with Gasteiger partial charge < -0.3 is 9.80 Å². The van der Waals surface area contributed by atoms with Crippen molar-refractivity contribution in [1.29, 1.82) is 5.26 Å². The summed E-state index contributed by atoms with van der Waals surface area (Å²) in [6.45, 7) is 4.85. The first-order valence-electron chi connectivity index (χ1n) is 7.15. The standard InChI is InChI=1S/C16H21N3O/c1-3-15-12-18(2)8-5-9-19(15)16(20)14-7-4-6-13(10-14)11-17/h4,6-7,10,15H,3,5,8-9,12H2,1-2H3. The molecule has 1 aliphatic rings. The van der Waals surface area contributed by atoms with Crippen LogP contribution in [0.1, 0.15) is 35.7 Å². The van der Waals surface area contributed by atoms with Crippen LogP contribution >= 0.6 is 0 Å². The molecule has 2 rings (SSSR count). The molecular formula is C16H21N3O. The Kier molecular flexibility index (Phi) is 4.75. The van der Waals surface area contributed by atoms with Crippen molar-refractivity contribution in [3.63, 3.8) is 0 Å². The van der Waals surface area contributed by atoms with E-state index in [9.17, 15) is 4.79 Å². The smallest absolute Gasteiger partial charge is 0.254 e. The lowest BCUT2D eigenvalue weighted by Gasteiger charge is -2.30. The summed E-state index contributed by atoms with van der Waals surface area (Å²) in [6, 6.07) is 9.32. The lowest BCUT2D eigenvalue weighted by atomic mass is 10.1. The summed E-state index contributed by atoms with van der Waals surface area (Å²) in [4.78, 5) is 17.0. The second-order valence-electron chi connectivity index (χ2n) is 5.37. The first-order chi connectivity index (χ1) is 9.65. The summed E-state index contributed by atoms with van der Waals surface area (Å²) in [5.41, 5.74) is 1.16. The molecule has 1 aliphatic heterocycles. The van der Waals surface area contributed by atoms with Gasteiger partial charge in [-0.1, -0.05) is 13.0 Å². The van der Waals surface area contributed by atoms with Crippen LogP contribution in [0.2, 0.25) is 0 Å². The van der Waals surface area contributed by atoms with Gasteiger partial charge in [-0.05, 0) is 44.6 Å². The van der Waals surface area contributed by atoms with E-state index in [1.165, 1.54) is 0 Å². The monoisotopic (exact) mass is 271 g/mol. The number of likely N-dealkylation sites (N-methyl/N-ethyl adjacent to an activating group) is 1. The largest absolute Gasteiger partial charge is 0.334 e. The Morgan fingerprint density at radius 1 is 1.45 bits per heavy atom. The summed E-state index contributed by atoms with van der Waals surface area (Å²) >= 11 is 0. The van der Waals surface area contributed by atoms with E-state index in [1.807, 2.05) is 4.90 Å². The van der Waals surface area contributed by atoms with Crippen molar-refractivity contribution in [2.45, 2.75) is 25.8 Å². The zero-order valence-corrected chi connectivity index (χ0v) is 12.2. The molecule has 20 heavy (non-hydrogen) atoms. The minimum absolute atomic E-state index is 0.0456. The molecule has 1 amide bonds. The van der Waals surface area contributed by atoms with Crippen LogP contribution in [0.15, 0.2) is 24.3 Å². The number of nitrogens with zero attached hydrogens (tertiary/aromatic N) is 3. The van der Waals surface area contributed by atoms with Crippen molar-refractivity contribution in [3.05, 3.63) is 35.4 Å². The number of rotatable bonds is 2. The maximum Gasteiger partial charge on any atom is 0.254 e. The second-order valence-corrected chi connectivity index (χ2v) is 5.37. The molecule has 0 radical (unpaired) electrons. The van der Waals surface area contributed by atoms with E-state index in [0.717, 1.165) is 32.5 Å². The van der Waals surface area contributed by atoms with E-state index in [4.69, 9.17) is 5.26 Å². The van der Waals surface area contributed by atoms with E-state index in [-0.39, 0.29) is 11.9 Å². The number of carbonyl (C=O) groups excluding carboxylic acids is 1. The van der Waals surface area contributed by atoms with Gasteiger partial charge in [-0.25, -0.2) is 0 Å². The molecule has 0 spiro atoms. The fraction of sp³-hybridized carbons (Fsp3) is 0.500. The van der Waals surface area contributed by atoms with Crippen molar-refractivity contribution in [1.82, 2.24) is 9.80 Å². The van der Waals surface area contributed by atoms with Crippen molar-refractivity contribution in [2.24, 2.45) is 0 Å². The van der Waals surface area contributed by atoms with Crippen LogP contribution in [-0.4, -0.2) is 48.4 Å². The lowest BCUT2D eigenvalue weighted by molar-refractivity contribution is 0.0675. The lowest BCUT2D eigenvalue weighted by Crippen LogP contribution is -2.43. The normalized spacial score (nSPS) is 20.2. The molecule has 0 bridgehead atoms. The Bertz CT molecular complexity index is 521. The fourth-order valence-electron chi connectivity index (χ4n) is 2.75. The minimum Gasteiger partial charge on any atom is -0.334 e. The minimum atomic E-state index is 0.0456. The average Bonchev–Trinajstić information content (AvgIpc) is 2.67. The average molecular weight is 271 g/mol.